The van der Waals surface area contributed by atoms with E-state index in [1.54, 1.807) is 20.0 Å². The molecule has 0 fully saturated rings. The maximum absolute atomic E-state index is 13.0. The Morgan fingerprint density at radius 3 is 2.89 bits per heavy atom. The van der Waals surface area contributed by atoms with Crippen molar-refractivity contribution >= 4 is 11.8 Å². The largest absolute Gasteiger partial charge is 0.388 e. The first-order valence-electron chi connectivity index (χ1n) is 5.37. The van der Waals surface area contributed by atoms with Gasteiger partial charge in [0.15, 0.2) is 0 Å². The zero-order valence-electron chi connectivity index (χ0n) is 10.0. The Labute approximate surface area is 108 Å². The Balaban J connectivity index is 2.03. The van der Waals surface area contributed by atoms with E-state index in [1.165, 1.54) is 28.6 Å². The molecule has 0 saturated carbocycles. The summed E-state index contributed by atoms with van der Waals surface area (Å²) in [6.07, 6.45) is -0.674. The highest BCUT2D eigenvalue weighted by Crippen LogP contribution is 2.25. The van der Waals surface area contributed by atoms with E-state index in [-0.39, 0.29) is 5.82 Å². The van der Waals surface area contributed by atoms with Crippen LogP contribution in [0.25, 0.3) is 0 Å². The second-order valence-corrected chi connectivity index (χ2v) is 4.90. The molecule has 0 aliphatic carbocycles. The number of aliphatic hydroxyl groups excluding tert-OH is 1. The van der Waals surface area contributed by atoms with Crippen LogP contribution in [-0.2, 0) is 7.05 Å². The van der Waals surface area contributed by atoms with Gasteiger partial charge in [-0.2, -0.15) is 0 Å². The van der Waals surface area contributed by atoms with E-state index in [4.69, 9.17) is 0 Å². The monoisotopic (exact) mass is 268 g/mol. The van der Waals surface area contributed by atoms with Crippen LogP contribution < -0.4 is 0 Å². The highest BCUT2D eigenvalue weighted by Gasteiger charge is 2.13. The Bertz CT molecular complexity index is 546. The van der Waals surface area contributed by atoms with E-state index in [1.807, 2.05) is 0 Å². The smallest absolute Gasteiger partial charge is 0.209 e. The first kappa shape index (κ1) is 13.0. The average molecular weight is 268 g/mol. The van der Waals surface area contributed by atoms with Gasteiger partial charge in [-0.1, -0.05) is 17.8 Å². The molecule has 2 aromatic rings. The summed E-state index contributed by atoms with van der Waals surface area (Å²) >= 11 is 1.35. The predicted octanol–water partition coefficient (Wildman–Crippen LogP) is 1.48. The van der Waals surface area contributed by atoms with Crippen molar-refractivity contribution in [2.24, 2.45) is 7.05 Å². The number of thioether (sulfide) groups is 1. The topological polar surface area (TPSA) is 63.8 Å². The normalized spacial score (nSPS) is 12.7. The standard InChI is InChI=1S/C11H13FN4OS/c1-7-5-8(12)3-4-9(7)10(17)6-18-11-13-14-15-16(11)2/h3-5,10,17H,6H2,1-2H3. The van der Waals surface area contributed by atoms with Gasteiger partial charge in [0.1, 0.15) is 5.82 Å². The van der Waals surface area contributed by atoms with Gasteiger partial charge >= 0.3 is 0 Å². The van der Waals surface area contributed by atoms with Crippen molar-refractivity contribution < 1.29 is 9.50 Å². The third-order valence-electron chi connectivity index (χ3n) is 2.54. The molecule has 0 bridgehead atoms. The summed E-state index contributed by atoms with van der Waals surface area (Å²) in [6.45, 7) is 1.77. The Hall–Kier alpha value is -1.47. The summed E-state index contributed by atoms with van der Waals surface area (Å²) < 4.78 is 14.5. The zero-order valence-corrected chi connectivity index (χ0v) is 10.9. The van der Waals surface area contributed by atoms with Crippen LogP contribution in [0.2, 0.25) is 0 Å². The van der Waals surface area contributed by atoms with Gasteiger partial charge in [-0.3, -0.25) is 0 Å². The number of tetrazole rings is 1. The van der Waals surface area contributed by atoms with Gasteiger partial charge in [-0.15, -0.1) is 5.10 Å². The van der Waals surface area contributed by atoms with E-state index in [0.29, 0.717) is 10.9 Å². The third kappa shape index (κ3) is 2.85. The van der Waals surface area contributed by atoms with E-state index < -0.39 is 6.10 Å². The number of rotatable bonds is 4. The first-order valence-corrected chi connectivity index (χ1v) is 6.35. The summed E-state index contributed by atoms with van der Waals surface area (Å²) in [5, 5.41) is 21.7. The molecule has 1 N–H and O–H groups in total. The van der Waals surface area contributed by atoms with Gasteiger partial charge in [-0.25, -0.2) is 9.07 Å². The van der Waals surface area contributed by atoms with Crippen molar-refractivity contribution in [3.63, 3.8) is 0 Å². The Morgan fingerprint density at radius 1 is 1.50 bits per heavy atom. The number of halogens is 1. The molecule has 0 spiro atoms. The number of nitrogens with zero attached hydrogens (tertiary/aromatic N) is 4. The molecular weight excluding hydrogens is 255 g/mol. The molecule has 1 aromatic heterocycles. The summed E-state index contributed by atoms with van der Waals surface area (Å²) in [5.74, 6) is 0.120. The molecule has 1 aromatic carbocycles. The summed E-state index contributed by atoms with van der Waals surface area (Å²) in [6, 6.07) is 4.36. The molecule has 1 heterocycles. The van der Waals surface area contributed by atoms with Gasteiger partial charge < -0.3 is 5.11 Å². The lowest BCUT2D eigenvalue weighted by atomic mass is 10.0. The third-order valence-corrected chi connectivity index (χ3v) is 3.63. The minimum Gasteiger partial charge on any atom is -0.388 e. The number of hydrogen-bond donors (Lipinski definition) is 1. The van der Waals surface area contributed by atoms with Crippen LogP contribution in [0, 0.1) is 12.7 Å². The lowest BCUT2D eigenvalue weighted by Gasteiger charge is -2.12. The molecule has 0 amide bonds. The number of aliphatic hydroxyl groups is 1. The number of aromatic nitrogens is 4. The summed E-state index contributed by atoms with van der Waals surface area (Å²) in [4.78, 5) is 0. The van der Waals surface area contributed by atoms with Crippen LogP contribution in [0.4, 0.5) is 4.39 Å². The second-order valence-electron chi connectivity index (χ2n) is 3.91. The highest BCUT2D eigenvalue weighted by atomic mass is 32.2. The van der Waals surface area contributed by atoms with Crippen molar-refractivity contribution in [1.29, 1.82) is 0 Å². The Morgan fingerprint density at radius 2 is 2.28 bits per heavy atom. The van der Waals surface area contributed by atoms with Crippen molar-refractivity contribution in [3.8, 4) is 0 Å². The maximum Gasteiger partial charge on any atom is 0.209 e. The number of benzene rings is 1. The van der Waals surface area contributed by atoms with Crippen LogP contribution >= 0.6 is 11.8 Å². The fourth-order valence-electron chi connectivity index (χ4n) is 1.60. The molecule has 0 saturated heterocycles. The van der Waals surface area contributed by atoms with Crippen LogP contribution in [0.5, 0.6) is 0 Å². The van der Waals surface area contributed by atoms with E-state index in [2.05, 4.69) is 15.5 Å². The quantitative estimate of drug-likeness (QED) is 0.851. The molecule has 1 atom stereocenters. The minimum atomic E-state index is -0.674. The molecule has 0 aliphatic heterocycles. The highest BCUT2D eigenvalue weighted by molar-refractivity contribution is 7.99. The fourth-order valence-corrected chi connectivity index (χ4v) is 2.40. The molecule has 2 rings (SSSR count). The van der Waals surface area contributed by atoms with E-state index >= 15 is 0 Å². The lowest BCUT2D eigenvalue weighted by Crippen LogP contribution is -2.04. The predicted molar refractivity (Wildman–Crippen MR) is 65.6 cm³/mol. The molecular formula is C11H13FN4OS. The van der Waals surface area contributed by atoms with Crippen LogP contribution in [0.3, 0.4) is 0 Å². The van der Waals surface area contributed by atoms with Gasteiger partial charge in [0.05, 0.1) is 6.10 Å². The number of aryl methyl sites for hydroxylation is 2. The molecule has 96 valence electrons. The molecule has 0 aliphatic rings. The molecule has 1 unspecified atom stereocenters. The number of hydrogen-bond acceptors (Lipinski definition) is 5. The average Bonchev–Trinajstić information content (AvgIpc) is 2.72. The SMILES string of the molecule is Cc1cc(F)ccc1C(O)CSc1nnnn1C. The second kappa shape index (κ2) is 5.45. The molecule has 0 radical (unpaired) electrons. The minimum absolute atomic E-state index is 0.298. The summed E-state index contributed by atoms with van der Waals surface area (Å²) in [5.41, 5.74) is 1.46. The van der Waals surface area contributed by atoms with Gasteiger partial charge in [-0.05, 0) is 40.6 Å². The maximum atomic E-state index is 13.0. The van der Waals surface area contributed by atoms with Crippen molar-refractivity contribution in [1.82, 2.24) is 20.2 Å². The van der Waals surface area contributed by atoms with Crippen LogP contribution in [0.1, 0.15) is 17.2 Å². The van der Waals surface area contributed by atoms with Gasteiger partial charge in [0.25, 0.3) is 0 Å². The molecule has 5 nitrogen and oxygen atoms in total. The van der Waals surface area contributed by atoms with Crippen LogP contribution in [0.15, 0.2) is 23.4 Å². The Kier molecular flexibility index (Phi) is 3.93. The van der Waals surface area contributed by atoms with Crippen LogP contribution in [-0.4, -0.2) is 31.1 Å². The van der Waals surface area contributed by atoms with Crippen molar-refractivity contribution in [3.05, 3.63) is 35.1 Å². The molecule has 18 heavy (non-hydrogen) atoms. The first-order chi connectivity index (χ1) is 8.58. The molecule has 7 heteroatoms. The van der Waals surface area contributed by atoms with Crippen molar-refractivity contribution in [2.75, 3.05) is 5.75 Å². The van der Waals surface area contributed by atoms with Gasteiger partial charge in [0.2, 0.25) is 5.16 Å². The van der Waals surface area contributed by atoms with Crippen molar-refractivity contribution in [2.45, 2.75) is 18.2 Å². The summed E-state index contributed by atoms with van der Waals surface area (Å²) in [7, 11) is 1.73. The lowest BCUT2D eigenvalue weighted by molar-refractivity contribution is 0.203. The van der Waals surface area contributed by atoms with E-state index in [9.17, 15) is 9.50 Å². The zero-order chi connectivity index (χ0) is 13.1. The van der Waals surface area contributed by atoms with Gasteiger partial charge in [0, 0.05) is 12.8 Å². The van der Waals surface area contributed by atoms with E-state index in [0.717, 1.165) is 11.1 Å². The fraction of sp³-hybridized carbons (Fsp3) is 0.364.